The number of likely N-dealkylation sites (tertiary alicyclic amines) is 1. The maximum atomic E-state index is 6.47. The van der Waals surface area contributed by atoms with E-state index in [2.05, 4.69) is 28.0 Å². The lowest BCUT2D eigenvalue weighted by atomic mass is 10.0. The van der Waals surface area contributed by atoms with Crippen LogP contribution in [0, 0.1) is 6.92 Å². The van der Waals surface area contributed by atoms with Gasteiger partial charge in [-0.2, -0.15) is 5.10 Å². The van der Waals surface area contributed by atoms with Crippen molar-refractivity contribution in [2.24, 2.45) is 7.05 Å². The Morgan fingerprint density at radius 2 is 2.24 bits per heavy atom. The minimum absolute atomic E-state index is 0.335. The van der Waals surface area contributed by atoms with Crippen molar-refractivity contribution in [1.82, 2.24) is 19.7 Å². The van der Waals surface area contributed by atoms with E-state index in [0.717, 1.165) is 23.8 Å². The predicted molar refractivity (Wildman–Crippen MR) is 84.3 cm³/mol. The fraction of sp³-hybridized carbons (Fsp3) is 0.500. The summed E-state index contributed by atoms with van der Waals surface area (Å²) in [7, 11) is 1.91. The highest BCUT2D eigenvalue weighted by Gasteiger charge is 2.34. The van der Waals surface area contributed by atoms with Crippen molar-refractivity contribution in [3.05, 3.63) is 46.5 Å². The smallest absolute Gasteiger partial charge is 0.131 e. The van der Waals surface area contributed by atoms with E-state index in [4.69, 9.17) is 11.6 Å². The molecule has 0 radical (unpaired) electrons. The van der Waals surface area contributed by atoms with E-state index in [9.17, 15) is 0 Å². The molecule has 2 aromatic heterocycles. The maximum Gasteiger partial charge on any atom is 0.131 e. The fourth-order valence-electron chi connectivity index (χ4n) is 3.40. The standard InChI is InChI=1S/C16H21ClN4/c1-11-15(16(17)20(3)19-11)14-7-5-9-21(14)12(2)13-6-4-8-18-10-13/h4,6,8,10,12,14H,5,7,9H2,1-3H3/t12-,14+/m1/s1. The Bertz CT molecular complexity index is 623. The maximum absolute atomic E-state index is 6.47. The molecule has 1 aliphatic heterocycles. The van der Waals surface area contributed by atoms with Crippen molar-refractivity contribution in [3.8, 4) is 0 Å². The van der Waals surface area contributed by atoms with E-state index >= 15 is 0 Å². The van der Waals surface area contributed by atoms with E-state index in [1.807, 2.05) is 32.4 Å². The van der Waals surface area contributed by atoms with Crippen LogP contribution < -0.4 is 0 Å². The molecule has 0 amide bonds. The molecule has 0 N–H and O–H groups in total. The van der Waals surface area contributed by atoms with Crippen LogP contribution in [0.1, 0.15) is 48.7 Å². The first-order valence-electron chi connectivity index (χ1n) is 7.44. The third-order valence-corrected chi connectivity index (χ3v) is 4.94. The van der Waals surface area contributed by atoms with Crippen molar-refractivity contribution in [1.29, 1.82) is 0 Å². The average molecular weight is 305 g/mol. The second-order valence-corrected chi connectivity index (χ2v) is 6.13. The quantitative estimate of drug-likeness (QED) is 0.867. The highest BCUT2D eigenvalue weighted by Crippen LogP contribution is 2.41. The van der Waals surface area contributed by atoms with Crippen LogP contribution in [-0.2, 0) is 7.05 Å². The number of hydrogen-bond donors (Lipinski definition) is 0. The zero-order chi connectivity index (χ0) is 15.0. The van der Waals surface area contributed by atoms with Crippen molar-refractivity contribution < 1.29 is 0 Å². The first kappa shape index (κ1) is 14.5. The summed E-state index contributed by atoms with van der Waals surface area (Å²) in [5, 5.41) is 5.23. The molecule has 0 saturated carbocycles. The number of halogens is 1. The van der Waals surface area contributed by atoms with Crippen molar-refractivity contribution in [2.75, 3.05) is 6.54 Å². The molecule has 112 valence electrons. The number of rotatable bonds is 3. The molecule has 4 nitrogen and oxygen atoms in total. The van der Waals surface area contributed by atoms with Gasteiger partial charge in [0.1, 0.15) is 5.15 Å². The minimum atomic E-state index is 0.335. The largest absolute Gasteiger partial charge is 0.289 e. The monoisotopic (exact) mass is 304 g/mol. The Labute approximate surface area is 130 Å². The van der Waals surface area contributed by atoms with Crippen LogP contribution in [-0.4, -0.2) is 26.2 Å². The summed E-state index contributed by atoms with van der Waals surface area (Å²) in [5.74, 6) is 0. The summed E-state index contributed by atoms with van der Waals surface area (Å²) in [6.45, 7) is 5.38. The summed E-state index contributed by atoms with van der Waals surface area (Å²) in [6, 6.07) is 4.83. The Morgan fingerprint density at radius 3 is 2.86 bits per heavy atom. The van der Waals surface area contributed by atoms with Crippen molar-refractivity contribution in [3.63, 3.8) is 0 Å². The van der Waals surface area contributed by atoms with Gasteiger partial charge in [0.05, 0.1) is 5.69 Å². The third kappa shape index (κ3) is 2.58. The van der Waals surface area contributed by atoms with Gasteiger partial charge in [0, 0.05) is 37.1 Å². The molecular formula is C16H21ClN4. The summed E-state index contributed by atoms with van der Waals surface area (Å²) < 4.78 is 1.78. The molecule has 3 heterocycles. The predicted octanol–water partition coefficient (Wildman–Crippen LogP) is 3.68. The number of pyridine rings is 1. The van der Waals surface area contributed by atoms with E-state index in [1.165, 1.54) is 17.5 Å². The van der Waals surface area contributed by atoms with E-state index in [-0.39, 0.29) is 0 Å². The third-order valence-electron chi connectivity index (χ3n) is 4.49. The molecule has 0 unspecified atom stereocenters. The average Bonchev–Trinajstić information content (AvgIpc) is 3.05. The summed E-state index contributed by atoms with van der Waals surface area (Å²) in [4.78, 5) is 6.77. The Balaban J connectivity index is 1.92. The van der Waals surface area contributed by atoms with E-state index < -0.39 is 0 Å². The van der Waals surface area contributed by atoms with Gasteiger partial charge >= 0.3 is 0 Å². The minimum Gasteiger partial charge on any atom is -0.289 e. The van der Waals surface area contributed by atoms with Gasteiger partial charge in [-0.3, -0.25) is 14.6 Å². The van der Waals surface area contributed by atoms with Crippen molar-refractivity contribution >= 4 is 11.6 Å². The van der Waals surface area contributed by atoms with E-state index in [0.29, 0.717) is 12.1 Å². The lowest BCUT2D eigenvalue weighted by Gasteiger charge is -2.31. The summed E-state index contributed by atoms with van der Waals surface area (Å²) >= 11 is 6.47. The Morgan fingerprint density at radius 1 is 1.43 bits per heavy atom. The lowest BCUT2D eigenvalue weighted by Crippen LogP contribution is -2.27. The Kier molecular flexibility index (Phi) is 4.00. The van der Waals surface area contributed by atoms with Crippen LogP contribution in [0.5, 0.6) is 0 Å². The number of aromatic nitrogens is 3. The lowest BCUT2D eigenvalue weighted by molar-refractivity contribution is 0.193. The molecule has 0 aliphatic carbocycles. The van der Waals surface area contributed by atoms with Gasteiger partial charge in [-0.1, -0.05) is 17.7 Å². The molecule has 2 atom stereocenters. The highest BCUT2D eigenvalue weighted by molar-refractivity contribution is 6.30. The molecule has 1 fully saturated rings. The number of nitrogens with zero attached hydrogens (tertiary/aromatic N) is 4. The van der Waals surface area contributed by atoms with Gasteiger partial charge in [0.2, 0.25) is 0 Å². The van der Waals surface area contributed by atoms with Crippen LogP contribution in [0.25, 0.3) is 0 Å². The van der Waals surface area contributed by atoms with Gasteiger partial charge in [0.15, 0.2) is 0 Å². The zero-order valence-corrected chi connectivity index (χ0v) is 13.5. The van der Waals surface area contributed by atoms with Crippen LogP contribution in [0.2, 0.25) is 5.15 Å². The fourth-order valence-corrected chi connectivity index (χ4v) is 3.70. The summed E-state index contributed by atoms with van der Waals surface area (Å²) in [6.07, 6.45) is 6.11. The van der Waals surface area contributed by atoms with Gasteiger partial charge in [-0.25, -0.2) is 0 Å². The molecule has 3 rings (SSSR count). The van der Waals surface area contributed by atoms with Gasteiger partial charge < -0.3 is 0 Å². The van der Waals surface area contributed by atoms with E-state index in [1.54, 1.807) is 4.68 Å². The number of aryl methyl sites for hydroxylation is 2. The normalized spacial score (nSPS) is 20.9. The molecule has 1 aliphatic rings. The molecule has 0 bridgehead atoms. The number of hydrogen-bond acceptors (Lipinski definition) is 3. The van der Waals surface area contributed by atoms with Crippen molar-refractivity contribution in [2.45, 2.75) is 38.8 Å². The topological polar surface area (TPSA) is 34.0 Å². The van der Waals surface area contributed by atoms with Gasteiger partial charge in [0.25, 0.3) is 0 Å². The first-order chi connectivity index (χ1) is 10.1. The van der Waals surface area contributed by atoms with Crippen LogP contribution in [0.4, 0.5) is 0 Å². The van der Waals surface area contributed by atoms with Gasteiger partial charge in [-0.05, 0) is 44.9 Å². The molecule has 5 heteroatoms. The van der Waals surface area contributed by atoms with Crippen LogP contribution >= 0.6 is 11.6 Å². The zero-order valence-electron chi connectivity index (χ0n) is 12.8. The van der Waals surface area contributed by atoms with Crippen LogP contribution in [0.3, 0.4) is 0 Å². The van der Waals surface area contributed by atoms with Crippen LogP contribution in [0.15, 0.2) is 24.5 Å². The van der Waals surface area contributed by atoms with Gasteiger partial charge in [-0.15, -0.1) is 0 Å². The SMILES string of the molecule is Cc1nn(C)c(Cl)c1[C@@H]1CCCN1[C@H](C)c1cccnc1. The Hall–Kier alpha value is -1.39. The molecule has 21 heavy (non-hydrogen) atoms. The second kappa shape index (κ2) is 5.78. The molecule has 2 aromatic rings. The molecule has 0 spiro atoms. The molecule has 0 aromatic carbocycles. The summed E-state index contributed by atoms with van der Waals surface area (Å²) in [5.41, 5.74) is 3.48. The highest BCUT2D eigenvalue weighted by atomic mass is 35.5. The molecule has 1 saturated heterocycles. The molecular weight excluding hydrogens is 284 g/mol. The first-order valence-corrected chi connectivity index (χ1v) is 7.82. The second-order valence-electron chi connectivity index (χ2n) is 5.77.